The van der Waals surface area contributed by atoms with E-state index in [1.807, 2.05) is 13.8 Å². The van der Waals surface area contributed by atoms with Crippen LogP contribution in [-0.4, -0.2) is 34.8 Å². The Hall–Kier alpha value is -1.50. The Labute approximate surface area is 127 Å². The number of nitrogens with zero attached hydrogens (tertiary/aromatic N) is 1. The van der Waals surface area contributed by atoms with E-state index >= 15 is 0 Å². The lowest BCUT2D eigenvalue weighted by Crippen LogP contribution is -2.71. The van der Waals surface area contributed by atoms with Crippen molar-refractivity contribution in [1.29, 1.82) is 0 Å². The number of carbonyl (C=O) groups excluding carboxylic acids is 2. The molecule has 1 saturated heterocycles. The van der Waals surface area contributed by atoms with Crippen molar-refractivity contribution in [3.63, 3.8) is 0 Å². The summed E-state index contributed by atoms with van der Waals surface area (Å²) in [4.78, 5) is 27.4. The first-order valence-electron chi connectivity index (χ1n) is 8.08. The van der Waals surface area contributed by atoms with Gasteiger partial charge in [-0.05, 0) is 25.2 Å². The zero-order chi connectivity index (χ0) is 15.5. The summed E-state index contributed by atoms with van der Waals surface area (Å²) in [5.74, 6) is 2.84. The van der Waals surface area contributed by atoms with Gasteiger partial charge in [-0.25, -0.2) is 0 Å². The van der Waals surface area contributed by atoms with E-state index in [1.165, 1.54) is 0 Å². The molecule has 4 heteroatoms. The molecule has 21 heavy (non-hydrogen) atoms. The summed E-state index contributed by atoms with van der Waals surface area (Å²) in [5.41, 5.74) is -0.642. The van der Waals surface area contributed by atoms with E-state index in [0.29, 0.717) is 13.0 Å². The van der Waals surface area contributed by atoms with Gasteiger partial charge in [0.05, 0.1) is 0 Å². The predicted octanol–water partition coefficient (Wildman–Crippen LogP) is 2.09. The number of amides is 2. The highest BCUT2D eigenvalue weighted by molar-refractivity contribution is 6.00. The fourth-order valence-corrected chi connectivity index (χ4v) is 3.65. The van der Waals surface area contributed by atoms with Gasteiger partial charge >= 0.3 is 0 Å². The molecule has 1 aliphatic carbocycles. The number of terminal acetylenes is 1. The molecule has 1 atom stereocenters. The van der Waals surface area contributed by atoms with Gasteiger partial charge in [-0.1, -0.05) is 33.1 Å². The zero-order valence-corrected chi connectivity index (χ0v) is 13.2. The maximum absolute atomic E-state index is 13.0. The highest BCUT2D eigenvalue weighted by Crippen LogP contribution is 2.34. The molecule has 0 aromatic heterocycles. The zero-order valence-electron chi connectivity index (χ0n) is 13.2. The standard InChI is InChI=1S/C17H26N2O2/c1-4-5-9-12-19-14(13(2)3)15(20)18-17(16(19)21)10-7-6-8-11-17/h1,13-14H,5-12H2,2-3H3,(H,18,20). The Kier molecular flexibility index (Phi) is 4.92. The van der Waals surface area contributed by atoms with Crippen LogP contribution >= 0.6 is 0 Å². The van der Waals surface area contributed by atoms with Crippen molar-refractivity contribution in [3.8, 4) is 12.3 Å². The monoisotopic (exact) mass is 290 g/mol. The van der Waals surface area contributed by atoms with Crippen LogP contribution in [0.25, 0.3) is 0 Å². The summed E-state index contributed by atoms with van der Waals surface area (Å²) in [6.07, 6.45) is 11.4. The lowest BCUT2D eigenvalue weighted by Gasteiger charge is -2.48. The first kappa shape index (κ1) is 15.9. The van der Waals surface area contributed by atoms with Gasteiger partial charge in [-0.3, -0.25) is 9.59 Å². The van der Waals surface area contributed by atoms with E-state index in [0.717, 1.165) is 38.5 Å². The normalized spacial score (nSPS) is 25.0. The van der Waals surface area contributed by atoms with Gasteiger partial charge < -0.3 is 10.2 Å². The number of hydrogen-bond donors (Lipinski definition) is 1. The van der Waals surface area contributed by atoms with Crippen LogP contribution in [0.4, 0.5) is 0 Å². The lowest BCUT2D eigenvalue weighted by atomic mass is 9.77. The molecule has 1 aliphatic heterocycles. The number of nitrogens with one attached hydrogen (secondary N) is 1. The molecule has 0 bridgehead atoms. The third-order valence-corrected chi connectivity index (χ3v) is 4.70. The second-order valence-corrected chi connectivity index (χ2v) is 6.63. The average Bonchev–Trinajstić information content (AvgIpc) is 2.45. The van der Waals surface area contributed by atoms with Crippen LogP contribution in [0.2, 0.25) is 0 Å². The van der Waals surface area contributed by atoms with Gasteiger partial charge in [-0.15, -0.1) is 12.3 Å². The van der Waals surface area contributed by atoms with Crippen LogP contribution in [0.5, 0.6) is 0 Å². The van der Waals surface area contributed by atoms with Gasteiger partial charge in [0, 0.05) is 13.0 Å². The molecule has 2 rings (SSSR count). The molecule has 0 radical (unpaired) electrons. The molecule has 2 aliphatic rings. The van der Waals surface area contributed by atoms with Crippen LogP contribution in [-0.2, 0) is 9.59 Å². The van der Waals surface area contributed by atoms with Crippen molar-refractivity contribution < 1.29 is 9.59 Å². The number of unbranched alkanes of at least 4 members (excludes halogenated alkanes) is 1. The molecule has 1 heterocycles. The largest absolute Gasteiger partial charge is 0.340 e. The maximum atomic E-state index is 13.0. The van der Waals surface area contributed by atoms with E-state index < -0.39 is 5.54 Å². The molecule has 1 unspecified atom stereocenters. The van der Waals surface area contributed by atoms with E-state index in [9.17, 15) is 9.59 Å². The van der Waals surface area contributed by atoms with Gasteiger partial charge in [0.15, 0.2) is 0 Å². The minimum absolute atomic E-state index is 0.00667. The Morgan fingerprint density at radius 1 is 1.33 bits per heavy atom. The maximum Gasteiger partial charge on any atom is 0.249 e. The second-order valence-electron chi connectivity index (χ2n) is 6.63. The number of hydrogen-bond acceptors (Lipinski definition) is 2. The Balaban J connectivity index is 2.22. The van der Waals surface area contributed by atoms with Crippen LogP contribution in [0.3, 0.4) is 0 Å². The van der Waals surface area contributed by atoms with Crippen LogP contribution < -0.4 is 5.32 Å². The Morgan fingerprint density at radius 3 is 2.57 bits per heavy atom. The van der Waals surface area contributed by atoms with Crippen molar-refractivity contribution in [2.24, 2.45) is 5.92 Å². The lowest BCUT2D eigenvalue weighted by molar-refractivity contribution is -0.158. The molecule has 2 fully saturated rings. The minimum atomic E-state index is -0.642. The summed E-state index contributed by atoms with van der Waals surface area (Å²) in [7, 11) is 0. The van der Waals surface area contributed by atoms with Crippen molar-refractivity contribution >= 4 is 11.8 Å². The SMILES string of the molecule is C#CCCCN1C(=O)C2(CCCCC2)NC(=O)C1C(C)C. The summed E-state index contributed by atoms with van der Waals surface area (Å²) in [6.45, 7) is 4.57. The average molecular weight is 290 g/mol. The number of piperazine rings is 1. The van der Waals surface area contributed by atoms with E-state index in [-0.39, 0.29) is 23.8 Å². The van der Waals surface area contributed by atoms with Gasteiger partial charge in [0.25, 0.3) is 0 Å². The Bertz CT molecular complexity index is 444. The fourth-order valence-electron chi connectivity index (χ4n) is 3.65. The third kappa shape index (κ3) is 3.07. The van der Waals surface area contributed by atoms with Crippen LogP contribution in [0, 0.1) is 18.3 Å². The van der Waals surface area contributed by atoms with Crippen LogP contribution in [0.15, 0.2) is 0 Å². The molecule has 2 amide bonds. The molecular formula is C17H26N2O2. The molecule has 0 aromatic rings. The predicted molar refractivity (Wildman–Crippen MR) is 82.4 cm³/mol. The smallest absolute Gasteiger partial charge is 0.249 e. The Morgan fingerprint density at radius 2 is 2.00 bits per heavy atom. The van der Waals surface area contributed by atoms with Gasteiger partial charge in [0.2, 0.25) is 11.8 Å². The highest BCUT2D eigenvalue weighted by atomic mass is 16.2. The van der Waals surface area contributed by atoms with Crippen molar-refractivity contribution in [3.05, 3.63) is 0 Å². The first-order valence-corrected chi connectivity index (χ1v) is 8.08. The topological polar surface area (TPSA) is 49.4 Å². The minimum Gasteiger partial charge on any atom is -0.340 e. The second kappa shape index (κ2) is 6.51. The molecule has 116 valence electrons. The first-order chi connectivity index (χ1) is 10.0. The van der Waals surface area contributed by atoms with E-state index in [2.05, 4.69) is 11.2 Å². The number of carbonyl (C=O) groups is 2. The quantitative estimate of drug-likeness (QED) is 0.636. The van der Waals surface area contributed by atoms with Crippen molar-refractivity contribution in [1.82, 2.24) is 10.2 Å². The molecule has 0 aromatic carbocycles. The molecule has 1 N–H and O–H groups in total. The summed E-state index contributed by atoms with van der Waals surface area (Å²) >= 11 is 0. The van der Waals surface area contributed by atoms with Gasteiger partial charge in [-0.2, -0.15) is 0 Å². The molecule has 1 saturated carbocycles. The van der Waals surface area contributed by atoms with Crippen molar-refractivity contribution in [2.45, 2.75) is 70.4 Å². The van der Waals surface area contributed by atoms with Gasteiger partial charge in [0.1, 0.15) is 11.6 Å². The van der Waals surface area contributed by atoms with E-state index in [4.69, 9.17) is 6.42 Å². The molecule has 4 nitrogen and oxygen atoms in total. The summed E-state index contributed by atoms with van der Waals surface area (Å²) < 4.78 is 0. The number of rotatable bonds is 4. The summed E-state index contributed by atoms with van der Waals surface area (Å²) in [6, 6.07) is -0.358. The van der Waals surface area contributed by atoms with Crippen LogP contribution in [0.1, 0.15) is 58.8 Å². The summed E-state index contributed by atoms with van der Waals surface area (Å²) in [5, 5.41) is 3.06. The highest BCUT2D eigenvalue weighted by Gasteiger charge is 2.51. The molecule has 1 spiro atoms. The fraction of sp³-hybridized carbons (Fsp3) is 0.765. The molecular weight excluding hydrogens is 264 g/mol. The van der Waals surface area contributed by atoms with E-state index in [1.54, 1.807) is 4.90 Å². The van der Waals surface area contributed by atoms with Crippen molar-refractivity contribution in [2.75, 3.05) is 6.54 Å². The third-order valence-electron chi connectivity index (χ3n) is 4.70.